The number of rotatable bonds is 6. The van der Waals surface area contributed by atoms with Crippen LogP contribution in [-0.4, -0.2) is 37.1 Å². The molecule has 0 spiro atoms. The van der Waals surface area contributed by atoms with Crippen LogP contribution in [0.25, 0.3) is 5.69 Å². The predicted molar refractivity (Wildman–Crippen MR) is 85.8 cm³/mol. The van der Waals surface area contributed by atoms with Crippen LogP contribution >= 0.6 is 11.8 Å². The lowest BCUT2D eigenvalue weighted by molar-refractivity contribution is 0.414. The summed E-state index contributed by atoms with van der Waals surface area (Å²) in [5.41, 5.74) is 0.966. The van der Waals surface area contributed by atoms with Gasteiger partial charge in [0.25, 0.3) is 0 Å². The quantitative estimate of drug-likeness (QED) is 0.700. The van der Waals surface area contributed by atoms with Gasteiger partial charge >= 0.3 is 0 Å². The van der Waals surface area contributed by atoms with Crippen LogP contribution in [0.15, 0.2) is 35.7 Å². The Hall–Kier alpha value is -2.35. The molecule has 1 saturated carbocycles. The molecule has 7 nitrogen and oxygen atoms in total. The molecule has 2 aromatic heterocycles. The van der Waals surface area contributed by atoms with Gasteiger partial charge in [0.2, 0.25) is 0 Å². The van der Waals surface area contributed by atoms with Crippen molar-refractivity contribution in [3.05, 3.63) is 42.2 Å². The molecule has 1 N–H and O–H groups in total. The predicted octanol–water partition coefficient (Wildman–Crippen LogP) is 2.56. The minimum Gasteiger partial charge on any atom is -0.497 e. The molecule has 0 atom stereocenters. The van der Waals surface area contributed by atoms with Crippen molar-refractivity contribution in [3.63, 3.8) is 0 Å². The standard InChI is InChI=1S/C15H16N6OS/c1-22-12-4-2-3-11(7-12)21-9-16-20-15(21)23-8-13-17-14(19-18-13)10-5-6-10/h2-4,7,9-10H,5-6,8H2,1H3,(H,17,18,19). The van der Waals surface area contributed by atoms with Crippen LogP contribution in [0.3, 0.4) is 0 Å². The third kappa shape index (κ3) is 3.07. The van der Waals surface area contributed by atoms with Gasteiger partial charge in [-0.05, 0) is 25.0 Å². The van der Waals surface area contributed by atoms with E-state index in [2.05, 4.69) is 25.4 Å². The van der Waals surface area contributed by atoms with E-state index in [1.165, 1.54) is 12.8 Å². The van der Waals surface area contributed by atoms with Crippen molar-refractivity contribution in [3.8, 4) is 11.4 Å². The fourth-order valence-electron chi connectivity index (χ4n) is 2.29. The Morgan fingerprint density at radius 1 is 1.39 bits per heavy atom. The number of hydrogen-bond acceptors (Lipinski definition) is 6. The van der Waals surface area contributed by atoms with Gasteiger partial charge in [0.1, 0.15) is 17.9 Å². The molecule has 1 fully saturated rings. The summed E-state index contributed by atoms with van der Waals surface area (Å²) >= 11 is 1.58. The molecule has 0 unspecified atom stereocenters. The number of H-pyrrole nitrogens is 1. The summed E-state index contributed by atoms with van der Waals surface area (Å²) in [5, 5.41) is 16.3. The molecule has 3 aromatic rings. The average Bonchev–Trinajstić information content (AvgIpc) is 3.15. The number of benzene rings is 1. The monoisotopic (exact) mass is 328 g/mol. The summed E-state index contributed by atoms with van der Waals surface area (Å²) in [7, 11) is 1.66. The van der Waals surface area contributed by atoms with E-state index in [0.29, 0.717) is 11.7 Å². The van der Waals surface area contributed by atoms with Gasteiger partial charge in [-0.3, -0.25) is 9.67 Å². The number of aromatic amines is 1. The second-order valence-corrected chi connectivity index (χ2v) is 6.33. The highest BCUT2D eigenvalue weighted by Crippen LogP contribution is 2.38. The molecule has 1 aliphatic carbocycles. The van der Waals surface area contributed by atoms with E-state index in [1.807, 2.05) is 28.8 Å². The van der Waals surface area contributed by atoms with E-state index in [9.17, 15) is 0 Å². The van der Waals surface area contributed by atoms with Gasteiger partial charge in [-0.15, -0.1) is 10.2 Å². The normalized spacial score (nSPS) is 14.1. The lowest BCUT2D eigenvalue weighted by Gasteiger charge is -2.07. The van der Waals surface area contributed by atoms with Crippen LogP contribution in [0.1, 0.15) is 30.4 Å². The molecular formula is C15H16N6OS. The van der Waals surface area contributed by atoms with Crippen molar-refractivity contribution in [2.75, 3.05) is 7.11 Å². The van der Waals surface area contributed by atoms with E-state index in [1.54, 1.807) is 25.2 Å². The van der Waals surface area contributed by atoms with Crippen molar-refractivity contribution in [1.29, 1.82) is 0 Å². The highest BCUT2D eigenvalue weighted by atomic mass is 32.2. The van der Waals surface area contributed by atoms with E-state index in [0.717, 1.165) is 28.2 Å². The second kappa shape index (κ2) is 6.04. The SMILES string of the molecule is COc1cccc(-n2cnnc2SCc2nc(C3CC3)n[nH]2)c1. The van der Waals surface area contributed by atoms with Crippen LogP contribution in [0.5, 0.6) is 5.75 Å². The van der Waals surface area contributed by atoms with Crippen molar-refractivity contribution < 1.29 is 4.74 Å². The van der Waals surface area contributed by atoms with E-state index in [-0.39, 0.29) is 0 Å². The smallest absolute Gasteiger partial charge is 0.196 e. The summed E-state index contributed by atoms with van der Waals surface area (Å²) in [5.74, 6) is 3.86. The maximum Gasteiger partial charge on any atom is 0.196 e. The lowest BCUT2D eigenvalue weighted by atomic mass is 10.3. The number of nitrogens with zero attached hydrogens (tertiary/aromatic N) is 5. The van der Waals surface area contributed by atoms with Crippen molar-refractivity contribution >= 4 is 11.8 Å². The van der Waals surface area contributed by atoms with Gasteiger partial charge in [-0.2, -0.15) is 5.10 Å². The number of nitrogens with one attached hydrogen (secondary N) is 1. The molecule has 0 saturated heterocycles. The molecule has 0 amide bonds. The topological polar surface area (TPSA) is 81.5 Å². The van der Waals surface area contributed by atoms with Crippen molar-refractivity contribution in [2.24, 2.45) is 0 Å². The number of hydrogen-bond donors (Lipinski definition) is 1. The van der Waals surface area contributed by atoms with Crippen molar-refractivity contribution in [2.45, 2.75) is 29.7 Å². The molecule has 2 heterocycles. The fraction of sp³-hybridized carbons (Fsp3) is 0.333. The molecule has 0 bridgehead atoms. The van der Waals surface area contributed by atoms with E-state index < -0.39 is 0 Å². The molecule has 4 rings (SSSR count). The summed E-state index contributed by atoms with van der Waals surface area (Å²) in [4.78, 5) is 4.54. The first-order valence-corrected chi connectivity index (χ1v) is 8.40. The first-order valence-electron chi connectivity index (χ1n) is 7.42. The first-order chi connectivity index (χ1) is 11.3. The minimum atomic E-state index is 0.561. The zero-order chi connectivity index (χ0) is 15.6. The maximum atomic E-state index is 5.27. The average molecular weight is 328 g/mol. The number of methoxy groups -OCH3 is 1. The van der Waals surface area contributed by atoms with E-state index in [4.69, 9.17) is 4.74 Å². The summed E-state index contributed by atoms with van der Waals surface area (Å²) < 4.78 is 7.20. The van der Waals surface area contributed by atoms with Gasteiger partial charge in [0, 0.05) is 12.0 Å². The Morgan fingerprint density at radius 3 is 3.13 bits per heavy atom. The largest absolute Gasteiger partial charge is 0.497 e. The zero-order valence-corrected chi connectivity index (χ0v) is 13.5. The summed E-state index contributed by atoms with van der Waals surface area (Å²) in [6, 6.07) is 7.80. The minimum absolute atomic E-state index is 0.561. The molecule has 0 radical (unpaired) electrons. The molecular weight excluding hydrogens is 312 g/mol. The second-order valence-electron chi connectivity index (χ2n) is 5.39. The van der Waals surface area contributed by atoms with Crippen LogP contribution in [0, 0.1) is 0 Å². The molecule has 0 aliphatic heterocycles. The Labute approximate surface area is 137 Å². The highest BCUT2D eigenvalue weighted by molar-refractivity contribution is 7.98. The number of aromatic nitrogens is 6. The highest BCUT2D eigenvalue weighted by Gasteiger charge is 2.27. The summed E-state index contributed by atoms with van der Waals surface area (Å²) in [6.45, 7) is 0. The first kappa shape index (κ1) is 14.3. The fourth-order valence-corrected chi connectivity index (χ4v) is 3.08. The van der Waals surface area contributed by atoms with Gasteiger partial charge in [-0.25, -0.2) is 4.98 Å². The Kier molecular flexibility index (Phi) is 3.74. The Balaban J connectivity index is 1.49. The zero-order valence-electron chi connectivity index (χ0n) is 12.6. The molecule has 1 aliphatic rings. The molecule has 1 aromatic carbocycles. The summed E-state index contributed by atoms with van der Waals surface area (Å²) in [6.07, 6.45) is 4.11. The molecule has 8 heteroatoms. The van der Waals surface area contributed by atoms with Crippen LogP contribution < -0.4 is 4.74 Å². The van der Waals surface area contributed by atoms with Crippen molar-refractivity contribution in [1.82, 2.24) is 29.9 Å². The Bertz CT molecular complexity index is 810. The molecule has 118 valence electrons. The lowest BCUT2D eigenvalue weighted by Crippen LogP contribution is -1.96. The van der Waals surface area contributed by atoms with Gasteiger partial charge in [0.05, 0.1) is 18.6 Å². The van der Waals surface area contributed by atoms with Crippen LogP contribution in [0.2, 0.25) is 0 Å². The van der Waals surface area contributed by atoms with Gasteiger partial charge in [0.15, 0.2) is 11.0 Å². The Morgan fingerprint density at radius 2 is 2.30 bits per heavy atom. The van der Waals surface area contributed by atoms with Crippen LogP contribution in [0.4, 0.5) is 0 Å². The van der Waals surface area contributed by atoms with Gasteiger partial charge < -0.3 is 4.74 Å². The third-order valence-electron chi connectivity index (χ3n) is 3.68. The van der Waals surface area contributed by atoms with E-state index >= 15 is 0 Å². The third-order valence-corrected chi connectivity index (χ3v) is 4.63. The van der Waals surface area contributed by atoms with Gasteiger partial charge in [-0.1, -0.05) is 17.8 Å². The number of thioether (sulfide) groups is 1. The maximum absolute atomic E-state index is 5.27. The molecule has 23 heavy (non-hydrogen) atoms. The van der Waals surface area contributed by atoms with Crippen LogP contribution in [-0.2, 0) is 5.75 Å². The number of ether oxygens (including phenoxy) is 1.